The van der Waals surface area contributed by atoms with Gasteiger partial charge >= 0.3 is 0 Å². The number of halogens is 2. The lowest BCUT2D eigenvalue weighted by molar-refractivity contribution is -0.118. The maximum absolute atomic E-state index is 12.8. The van der Waals surface area contributed by atoms with Gasteiger partial charge in [0.1, 0.15) is 5.75 Å². The highest BCUT2D eigenvalue weighted by Crippen LogP contribution is 2.63. The van der Waals surface area contributed by atoms with Crippen LogP contribution in [-0.4, -0.2) is 16.7 Å². The van der Waals surface area contributed by atoms with Gasteiger partial charge in [0.2, 0.25) is 0 Å². The van der Waals surface area contributed by atoms with E-state index in [0.717, 1.165) is 0 Å². The fourth-order valence-corrected chi connectivity index (χ4v) is 4.63. The summed E-state index contributed by atoms with van der Waals surface area (Å²) in [5.41, 5.74) is 0.849. The van der Waals surface area contributed by atoms with Crippen LogP contribution >= 0.6 is 23.2 Å². The molecule has 0 aromatic heterocycles. The lowest BCUT2D eigenvalue weighted by atomic mass is 9.73. The Morgan fingerprint density at radius 1 is 1.25 bits per heavy atom. The van der Waals surface area contributed by atoms with Crippen molar-refractivity contribution in [1.29, 1.82) is 0 Å². The number of benzene rings is 1. The summed E-state index contributed by atoms with van der Waals surface area (Å²) in [6, 6.07) is 3.07. The van der Waals surface area contributed by atoms with Gasteiger partial charge in [0.05, 0.1) is 15.5 Å². The molecule has 1 aromatic rings. The molecule has 0 amide bonds. The topological polar surface area (TPSA) is 54.4 Å². The Hall–Kier alpha value is -1.32. The van der Waals surface area contributed by atoms with Crippen molar-refractivity contribution in [2.75, 3.05) is 0 Å². The first-order valence-electron chi connectivity index (χ1n) is 6.48. The fraction of sp³-hybridized carbons (Fsp3) is 0.333. The number of phenolic OH excluding ortho intramolecular Hbond substituents is 1. The quantitative estimate of drug-likeness (QED) is 0.797. The van der Waals surface area contributed by atoms with Crippen LogP contribution in [0.15, 0.2) is 17.2 Å². The maximum Gasteiger partial charge on any atom is 0.177 e. The standard InChI is InChI=1S/C15H10Cl2O3/c16-11-8(18)2-1-7-9(11)14(20)15-4-3-6(5-15)13(19)12(17)10(7)15/h1-2,6,18H,3-5H2/t6-,15-/m1/s1. The number of fused-ring (bicyclic) bond motifs is 3. The Balaban J connectivity index is 2.11. The van der Waals surface area contributed by atoms with Crippen LogP contribution < -0.4 is 0 Å². The lowest BCUT2D eigenvalue weighted by Gasteiger charge is -2.28. The predicted octanol–water partition coefficient (Wildman–Crippen LogP) is 3.56. The first kappa shape index (κ1) is 12.4. The number of carbonyl (C=O) groups excluding carboxylic acids is 2. The largest absolute Gasteiger partial charge is 0.506 e. The minimum Gasteiger partial charge on any atom is -0.506 e. The van der Waals surface area contributed by atoms with E-state index < -0.39 is 5.41 Å². The van der Waals surface area contributed by atoms with Gasteiger partial charge in [0.25, 0.3) is 0 Å². The Labute approximate surface area is 125 Å². The Bertz CT molecular complexity index is 735. The highest BCUT2D eigenvalue weighted by Gasteiger charge is 2.59. The molecule has 1 N–H and O–H groups in total. The second-order valence-corrected chi connectivity index (χ2v) is 6.48. The molecule has 1 aromatic carbocycles. The molecule has 0 unspecified atom stereocenters. The van der Waals surface area contributed by atoms with Gasteiger partial charge in [-0.3, -0.25) is 9.59 Å². The molecule has 20 heavy (non-hydrogen) atoms. The molecule has 1 fully saturated rings. The van der Waals surface area contributed by atoms with Crippen LogP contribution in [0.3, 0.4) is 0 Å². The first-order chi connectivity index (χ1) is 9.47. The van der Waals surface area contributed by atoms with E-state index in [1.54, 1.807) is 6.07 Å². The monoisotopic (exact) mass is 308 g/mol. The van der Waals surface area contributed by atoms with Crippen LogP contribution in [0, 0.1) is 11.3 Å². The second-order valence-electron chi connectivity index (χ2n) is 5.73. The smallest absolute Gasteiger partial charge is 0.177 e. The van der Waals surface area contributed by atoms with E-state index in [1.165, 1.54) is 6.07 Å². The van der Waals surface area contributed by atoms with Crippen molar-refractivity contribution >= 4 is 40.3 Å². The third-order valence-electron chi connectivity index (χ3n) is 4.85. The van der Waals surface area contributed by atoms with Gasteiger partial charge in [-0.25, -0.2) is 0 Å². The molecule has 2 bridgehead atoms. The molecule has 4 rings (SSSR count). The molecule has 2 atom stereocenters. The zero-order valence-electron chi connectivity index (χ0n) is 10.4. The van der Waals surface area contributed by atoms with Crippen molar-refractivity contribution in [3.63, 3.8) is 0 Å². The summed E-state index contributed by atoms with van der Waals surface area (Å²) < 4.78 is 0. The number of phenols is 1. The summed E-state index contributed by atoms with van der Waals surface area (Å²) in [6.07, 6.45) is 1.82. The van der Waals surface area contributed by atoms with E-state index in [9.17, 15) is 14.7 Å². The molecule has 0 aliphatic heterocycles. The van der Waals surface area contributed by atoms with Gasteiger partial charge in [-0.1, -0.05) is 29.3 Å². The molecule has 1 saturated carbocycles. The molecule has 3 nitrogen and oxygen atoms in total. The molecule has 3 aliphatic rings. The van der Waals surface area contributed by atoms with Crippen LogP contribution in [0.5, 0.6) is 5.75 Å². The van der Waals surface area contributed by atoms with Crippen molar-refractivity contribution in [3.8, 4) is 5.75 Å². The molecule has 0 radical (unpaired) electrons. The minimum atomic E-state index is -0.699. The van der Waals surface area contributed by atoms with Crippen molar-refractivity contribution < 1.29 is 14.7 Å². The van der Waals surface area contributed by atoms with Crippen LogP contribution in [0.25, 0.3) is 5.57 Å². The molecular formula is C15H10Cl2O3. The van der Waals surface area contributed by atoms with Gasteiger partial charge in [-0.05, 0) is 36.5 Å². The highest BCUT2D eigenvalue weighted by atomic mass is 35.5. The Morgan fingerprint density at radius 3 is 2.75 bits per heavy atom. The SMILES string of the molecule is O=C1C(Cl)=C2c3ccc(O)c(Cl)c3C(=O)[C@@]23CC[C@@H]1C3. The van der Waals surface area contributed by atoms with E-state index in [-0.39, 0.29) is 33.3 Å². The number of aromatic hydroxyl groups is 1. The summed E-state index contributed by atoms with van der Waals surface area (Å²) in [7, 11) is 0. The number of Topliss-reactive ketones (excluding diaryl/α,β-unsaturated/α-hetero) is 2. The van der Waals surface area contributed by atoms with Crippen molar-refractivity contribution in [2.24, 2.45) is 11.3 Å². The average Bonchev–Trinajstić information content (AvgIpc) is 2.93. The highest BCUT2D eigenvalue weighted by molar-refractivity contribution is 6.49. The summed E-state index contributed by atoms with van der Waals surface area (Å²) in [6.45, 7) is 0. The molecule has 1 spiro atoms. The summed E-state index contributed by atoms with van der Waals surface area (Å²) in [5, 5.41) is 9.95. The summed E-state index contributed by atoms with van der Waals surface area (Å²) in [4.78, 5) is 25.0. The van der Waals surface area contributed by atoms with Gasteiger partial charge in [-0.15, -0.1) is 0 Å². The first-order valence-corrected chi connectivity index (χ1v) is 7.24. The number of ketones is 2. The molecular weight excluding hydrogens is 299 g/mol. The van der Waals surface area contributed by atoms with Gasteiger partial charge in [-0.2, -0.15) is 0 Å². The third kappa shape index (κ3) is 1.19. The number of carbonyl (C=O) groups is 2. The van der Waals surface area contributed by atoms with Gasteiger partial charge in [0, 0.05) is 11.5 Å². The predicted molar refractivity (Wildman–Crippen MR) is 75.0 cm³/mol. The van der Waals surface area contributed by atoms with Crippen LogP contribution in [-0.2, 0) is 4.79 Å². The maximum atomic E-state index is 12.8. The number of allylic oxidation sites excluding steroid dienone is 2. The molecule has 3 aliphatic carbocycles. The third-order valence-corrected chi connectivity index (χ3v) is 5.61. The van der Waals surface area contributed by atoms with Gasteiger partial charge in [0.15, 0.2) is 11.6 Å². The van der Waals surface area contributed by atoms with E-state index in [1.807, 2.05) is 0 Å². The number of hydrogen-bond donors (Lipinski definition) is 1. The Morgan fingerprint density at radius 2 is 2.00 bits per heavy atom. The van der Waals surface area contributed by atoms with Crippen molar-refractivity contribution in [1.82, 2.24) is 0 Å². The van der Waals surface area contributed by atoms with Crippen LogP contribution in [0.4, 0.5) is 0 Å². The van der Waals surface area contributed by atoms with E-state index in [0.29, 0.717) is 36.0 Å². The summed E-state index contributed by atoms with van der Waals surface area (Å²) >= 11 is 12.3. The van der Waals surface area contributed by atoms with E-state index >= 15 is 0 Å². The van der Waals surface area contributed by atoms with Crippen LogP contribution in [0.1, 0.15) is 35.2 Å². The van der Waals surface area contributed by atoms with Crippen LogP contribution in [0.2, 0.25) is 5.02 Å². The molecule has 0 saturated heterocycles. The average molecular weight is 309 g/mol. The second kappa shape index (κ2) is 3.66. The Kier molecular flexibility index (Phi) is 2.27. The van der Waals surface area contributed by atoms with Crippen molar-refractivity contribution in [2.45, 2.75) is 19.3 Å². The van der Waals surface area contributed by atoms with E-state index in [4.69, 9.17) is 23.2 Å². The molecule has 0 heterocycles. The molecule has 5 heteroatoms. The fourth-order valence-electron chi connectivity index (χ4n) is 3.94. The van der Waals surface area contributed by atoms with Crippen molar-refractivity contribution in [3.05, 3.63) is 33.3 Å². The lowest BCUT2D eigenvalue weighted by Crippen LogP contribution is -2.30. The molecule has 102 valence electrons. The zero-order valence-corrected chi connectivity index (χ0v) is 11.9. The summed E-state index contributed by atoms with van der Waals surface area (Å²) in [5.74, 6) is -0.445. The van der Waals surface area contributed by atoms with E-state index in [2.05, 4.69) is 0 Å². The van der Waals surface area contributed by atoms with Gasteiger partial charge < -0.3 is 5.11 Å². The number of rotatable bonds is 0. The minimum absolute atomic E-state index is 0.0594. The number of hydrogen-bond acceptors (Lipinski definition) is 3. The normalized spacial score (nSPS) is 30.8. The zero-order chi connectivity index (χ0) is 14.2.